The van der Waals surface area contributed by atoms with Crippen molar-refractivity contribution in [2.75, 3.05) is 7.11 Å². The van der Waals surface area contributed by atoms with Gasteiger partial charge >= 0.3 is 11.7 Å². The summed E-state index contributed by atoms with van der Waals surface area (Å²) in [6, 6.07) is 3.01. The molecular weight excluding hydrogens is 301 g/mol. The molecule has 0 aliphatic heterocycles. The van der Waals surface area contributed by atoms with E-state index in [2.05, 4.69) is 20.7 Å². The van der Waals surface area contributed by atoms with E-state index in [9.17, 15) is 14.9 Å². The molecule has 0 bridgehead atoms. The third-order valence-corrected chi connectivity index (χ3v) is 2.95. The first kappa shape index (κ1) is 12.9. The largest absolute Gasteiger partial charge is 0.469 e. The van der Waals surface area contributed by atoms with Gasteiger partial charge in [0.2, 0.25) is 0 Å². The second-order valence-corrected chi connectivity index (χ2v) is 4.11. The van der Waals surface area contributed by atoms with Crippen LogP contribution in [0.3, 0.4) is 0 Å². The van der Waals surface area contributed by atoms with Gasteiger partial charge in [-0.15, -0.1) is 0 Å². The molecule has 0 aliphatic rings. The van der Waals surface area contributed by atoms with Crippen LogP contribution in [0.1, 0.15) is 5.56 Å². The van der Waals surface area contributed by atoms with Crippen LogP contribution >= 0.6 is 27.5 Å². The first-order chi connectivity index (χ1) is 7.47. The maximum absolute atomic E-state index is 11.0. The Balaban J connectivity index is 3.18. The van der Waals surface area contributed by atoms with Crippen molar-refractivity contribution in [2.24, 2.45) is 0 Å². The van der Waals surface area contributed by atoms with Crippen LogP contribution in [-0.4, -0.2) is 18.0 Å². The van der Waals surface area contributed by atoms with Crippen molar-refractivity contribution < 1.29 is 14.5 Å². The fraction of sp³-hybridized carbons (Fsp3) is 0.222. The SMILES string of the molecule is COC(=O)Cc1ccc(Br)c([N+](=O)[O-])c1Cl. The van der Waals surface area contributed by atoms with Gasteiger partial charge in [-0.1, -0.05) is 17.7 Å². The van der Waals surface area contributed by atoms with Gasteiger partial charge in [0.25, 0.3) is 0 Å². The molecule has 0 heterocycles. The molecule has 0 unspecified atom stereocenters. The lowest BCUT2D eigenvalue weighted by Crippen LogP contribution is -2.06. The number of hydrogen-bond acceptors (Lipinski definition) is 4. The molecule has 0 saturated heterocycles. The molecule has 0 aliphatic carbocycles. The number of hydrogen-bond donors (Lipinski definition) is 0. The van der Waals surface area contributed by atoms with Crippen molar-refractivity contribution in [3.8, 4) is 0 Å². The number of halogens is 2. The molecule has 0 saturated carbocycles. The first-order valence-electron chi connectivity index (χ1n) is 4.15. The number of rotatable bonds is 3. The van der Waals surface area contributed by atoms with E-state index >= 15 is 0 Å². The van der Waals surface area contributed by atoms with Crippen molar-refractivity contribution in [2.45, 2.75) is 6.42 Å². The Morgan fingerprint density at radius 3 is 2.75 bits per heavy atom. The van der Waals surface area contributed by atoms with Crippen molar-refractivity contribution in [1.82, 2.24) is 0 Å². The van der Waals surface area contributed by atoms with Crippen molar-refractivity contribution >= 4 is 39.2 Å². The molecule has 0 N–H and O–H groups in total. The van der Waals surface area contributed by atoms with Gasteiger partial charge in [0, 0.05) is 0 Å². The molecule has 0 radical (unpaired) electrons. The highest BCUT2D eigenvalue weighted by atomic mass is 79.9. The van der Waals surface area contributed by atoms with E-state index in [1.807, 2.05) is 0 Å². The lowest BCUT2D eigenvalue weighted by molar-refractivity contribution is -0.385. The van der Waals surface area contributed by atoms with Gasteiger partial charge in [-0.25, -0.2) is 0 Å². The normalized spacial score (nSPS) is 9.94. The minimum atomic E-state index is -0.604. The van der Waals surface area contributed by atoms with Crippen LogP contribution in [0.15, 0.2) is 16.6 Å². The van der Waals surface area contributed by atoms with E-state index < -0.39 is 10.9 Å². The van der Waals surface area contributed by atoms with E-state index in [4.69, 9.17) is 11.6 Å². The Kier molecular flexibility index (Phi) is 4.26. The van der Waals surface area contributed by atoms with Crippen LogP contribution in [0.5, 0.6) is 0 Å². The average Bonchev–Trinajstić information content (AvgIpc) is 2.21. The van der Waals surface area contributed by atoms with Gasteiger partial charge in [-0.2, -0.15) is 0 Å². The predicted molar refractivity (Wildman–Crippen MR) is 61.5 cm³/mol. The minimum Gasteiger partial charge on any atom is -0.469 e. The lowest BCUT2D eigenvalue weighted by atomic mass is 10.1. The maximum atomic E-state index is 11.0. The molecule has 5 nitrogen and oxygen atoms in total. The third kappa shape index (κ3) is 2.70. The van der Waals surface area contributed by atoms with Crippen LogP contribution in [0.25, 0.3) is 0 Å². The summed E-state index contributed by atoms with van der Waals surface area (Å²) in [5, 5.41) is 10.7. The molecule has 0 spiro atoms. The smallest absolute Gasteiger partial charge is 0.310 e. The summed E-state index contributed by atoms with van der Waals surface area (Å²) in [7, 11) is 1.24. The molecule has 0 aromatic heterocycles. The molecule has 16 heavy (non-hydrogen) atoms. The molecule has 7 heteroatoms. The van der Waals surface area contributed by atoms with Crippen molar-refractivity contribution in [3.05, 3.63) is 37.3 Å². The molecule has 1 aromatic rings. The van der Waals surface area contributed by atoms with E-state index in [0.29, 0.717) is 5.56 Å². The molecule has 0 fully saturated rings. The highest BCUT2D eigenvalue weighted by molar-refractivity contribution is 9.10. The molecule has 0 amide bonds. The number of carbonyl (C=O) groups is 1. The fourth-order valence-corrected chi connectivity index (χ4v) is 2.00. The average molecular weight is 309 g/mol. The van der Waals surface area contributed by atoms with Gasteiger partial charge in [0.05, 0.1) is 22.9 Å². The van der Waals surface area contributed by atoms with Crippen molar-refractivity contribution in [1.29, 1.82) is 0 Å². The monoisotopic (exact) mass is 307 g/mol. The standard InChI is InChI=1S/C9H7BrClNO4/c1-16-7(13)4-5-2-3-6(10)9(8(5)11)12(14)15/h2-3H,4H2,1H3. The van der Waals surface area contributed by atoms with E-state index in [0.717, 1.165) is 0 Å². The highest BCUT2D eigenvalue weighted by Gasteiger charge is 2.21. The van der Waals surface area contributed by atoms with Gasteiger partial charge in [-0.3, -0.25) is 14.9 Å². The number of esters is 1. The quantitative estimate of drug-likeness (QED) is 0.489. The zero-order valence-corrected chi connectivity index (χ0v) is 10.5. The topological polar surface area (TPSA) is 69.4 Å². The summed E-state index contributed by atoms with van der Waals surface area (Å²) in [4.78, 5) is 21.2. The highest BCUT2D eigenvalue weighted by Crippen LogP contribution is 2.35. The predicted octanol–water partition coefficient (Wildman–Crippen LogP) is 2.73. The number of methoxy groups -OCH3 is 1. The van der Waals surface area contributed by atoms with Gasteiger partial charge < -0.3 is 4.74 Å². The number of carbonyl (C=O) groups excluding carboxylic acids is 1. The number of benzene rings is 1. The molecule has 0 atom stereocenters. The van der Waals surface area contributed by atoms with Gasteiger partial charge in [0.15, 0.2) is 0 Å². The summed E-state index contributed by atoms with van der Waals surface area (Å²) in [5.41, 5.74) is 0.117. The Morgan fingerprint density at radius 2 is 2.25 bits per heavy atom. The number of nitro groups is 1. The van der Waals surface area contributed by atoms with E-state index in [1.165, 1.54) is 19.2 Å². The summed E-state index contributed by atoms with van der Waals surface area (Å²) >= 11 is 8.85. The Hall–Kier alpha value is -1.14. The van der Waals surface area contributed by atoms with Crippen LogP contribution < -0.4 is 0 Å². The summed E-state index contributed by atoms with van der Waals surface area (Å²) in [5.74, 6) is -0.501. The molecular formula is C9H7BrClNO4. The van der Waals surface area contributed by atoms with Gasteiger partial charge in [0.1, 0.15) is 5.02 Å². The van der Waals surface area contributed by atoms with E-state index in [1.54, 1.807) is 0 Å². The van der Waals surface area contributed by atoms with Crippen molar-refractivity contribution in [3.63, 3.8) is 0 Å². The number of ether oxygens (including phenoxy) is 1. The molecule has 1 aromatic carbocycles. The van der Waals surface area contributed by atoms with Crippen LogP contribution in [-0.2, 0) is 16.0 Å². The van der Waals surface area contributed by atoms with Gasteiger partial charge in [-0.05, 0) is 27.6 Å². The molecule has 1 rings (SSSR count). The summed E-state index contributed by atoms with van der Waals surface area (Å²) < 4.78 is 4.73. The first-order valence-corrected chi connectivity index (χ1v) is 5.32. The minimum absolute atomic E-state index is 0.0511. The Morgan fingerprint density at radius 1 is 1.62 bits per heavy atom. The van der Waals surface area contributed by atoms with Crippen LogP contribution in [0.4, 0.5) is 5.69 Å². The maximum Gasteiger partial charge on any atom is 0.310 e. The Bertz CT molecular complexity index is 449. The van der Waals surface area contributed by atoms with E-state index in [-0.39, 0.29) is 21.6 Å². The summed E-state index contributed by atoms with van der Waals surface area (Å²) in [6.45, 7) is 0. The zero-order chi connectivity index (χ0) is 12.3. The fourth-order valence-electron chi connectivity index (χ4n) is 1.11. The second-order valence-electron chi connectivity index (χ2n) is 2.88. The third-order valence-electron chi connectivity index (χ3n) is 1.89. The lowest BCUT2D eigenvalue weighted by Gasteiger charge is -2.04. The molecule has 86 valence electrons. The number of nitrogens with zero attached hydrogens (tertiary/aromatic N) is 1. The second kappa shape index (κ2) is 5.27. The number of nitro benzene ring substituents is 1. The van der Waals surface area contributed by atoms with Crippen LogP contribution in [0, 0.1) is 10.1 Å². The summed E-state index contributed by atoms with van der Waals surface area (Å²) in [6.07, 6.45) is -0.0938. The Labute approximate surface area is 105 Å². The zero-order valence-electron chi connectivity index (χ0n) is 8.20. The van der Waals surface area contributed by atoms with Crippen LogP contribution in [0.2, 0.25) is 5.02 Å².